The summed E-state index contributed by atoms with van der Waals surface area (Å²) in [5, 5.41) is 5.95. The third kappa shape index (κ3) is 7.19. The highest BCUT2D eigenvalue weighted by Crippen LogP contribution is 2.30. The standard InChI is InChI=1S/C26H31FN6O4/c1-3-10-28-25(34)18-15-36-22(37-16-18)14-21-32-23(17-5-7-19(27)8-6-17)24(33-21)20-9-12-30-26(31-20)29-11-4-13-35-2/h3,5-9,12,18,22H,1,4,10-11,13-16H2,2H3,(H,28,34)(H,32,33)(H,29,30,31). The van der Waals surface area contributed by atoms with Crippen molar-refractivity contribution in [2.24, 2.45) is 5.92 Å². The SMILES string of the molecule is C=CCNC(=O)C1COC(Cc2nc(-c3ccc(F)cc3)c(-c3ccnc(NCCCOC)n3)[nH]2)OC1. The van der Waals surface area contributed by atoms with Crippen LogP contribution in [0.2, 0.25) is 0 Å². The molecule has 0 aliphatic carbocycles. The molecule has 0 spiro atoms. The smallest absolute Gasteiger partial charge is 0.228 e. The Morgan fingerprint density at radius 2 is 2.03 bits per heavy atom. The van der Waals surface area contributed by atoms with Crippen LogP contribution < -0.4 is 10.6 Å². The number of H-pyrrole nitrogens is 1. The average molecular weight is 511 g/mol. The number of aromatic amines is 1. The van der Waals surface area contributed by atoms with Crippen LogP contribution in [-0.4, -0.2) is 72.2 Å². The molecule has 1 fully saturated rings. The second-order valence-electron chi connectivity index (χ2n) is 8.48. The monoisotopic (exact) mass is 510 g/mol. The Kier molecular flexibility index (Phi) is 9.30. The highest BCUT2D eigenvalue weighted by molar-refractivity contribution is 5.79. The van der Waals surface area contributed by atoms with Crippen molar-refractivity contribution >= 4 is 11.9 Å². The first-order valence-corrected chi connectivity index (χ1v) is 12.1. The molecule has 1 aliphatic heterocycles. The number of amides is 1. The normalized spacial score (nSPS) is 17.4. The number of hydrogen-bond acceptors (Lipinski definition) is 8. The molecule has 2 aromatic heterocycles. The maximum Gasteiger partial charge on any atom is 0.228 e. The number of nitrogens with zero attached hydrogens (tertiary/aromatic N) is 3. The van der Waals surface area contributed by atoms with Gasteiger partial charge in [0.25, 0.3) is 0 Å². The van der Waals surface area contributed by atoms with Crippen LogP contribution >= 0.6 is 0 Å². The van der Waals surface area contributed by atoms with E-state index in [1.54, 1.807) is 37.6 Å². The van der Waals surface area contributed by atoms with Crippen molar-refractivity contribution < 1.29 is 23.4 Å². The van der Waals surface area contributed by atoms with Gasteiger partial charge in [0, 0.05) is 38.6 Å². The molecule has 10 nitrogen and oxygen atoms in total. The van der Waals surface area contributed by atoms with E-state index in [1.165, 1.54) is 12.1 Å². The van der Waals surface area contributed by atoms with Gasteiger partial charge in [-0.2, -0.15) is 0 Å². The number of aromatic nitrogens is 4. The summed E-state index contributed by atoms with van der Waals surface area (Å²) >= 11 is 0. The molecular formula is C26H31FN6O4. The number of rotatable bonds is 12. The van der Waals surface area contributed by atoms with Crippen LogP contribution in [0, 0.1) is 11.7 Å². The highest BCUT2D eigenvalue weighted by Gasteiger charge is 2.28. The maximum absolute atomic E-state index is 13.6. The van der Waals surface area contributed by atoms with E-state index < -0.39 is 6.29 Å². The largest absolute Gasteiger partial charge is 0.385 e. The summed E-state index contributed by atoms with van der Waals surface area (Å²) in [5.41, 5.74) is 2.65. The van der Waals surface area contributed by atoms with Crippen LogP contribution in [0.3, 0.4) is 0 Å². The lowest BCUT2D eigenvalue weighted by Gasteiger charge is -2.28. The molecule has 0 atom stereocenters. The van der Waals surface area contributed by atoms with Crippen LogP contribution in [0.4, 0.5) is 10.3 Å². The molecule has 3 aromatic rings. The lowest BCUT2D eigenvalue weighted by atomic mass is 10.1. The second kappa shape index (κ2) is 13.0. The van der Waals surface area contributed by atoms with Gasteiger partial charge in [0.2, 0.25) is 11.9 Å². The summed E-state index contributed by atoms with van der Waals surface area (Å²) < 4.78 is 30.3. The Labute approximate surface area is 214 Å². The number of imidazole rings is 1. The summed E-state index contributed by atoms with van der Waals surface area (Å²) in [6, 6.07) is 7.90. The first kappa shape index (κ1) is 26.4. The molecule has 1 aliphatic rings. The first-order chi connectivity index (χ1) is 18.1. The topological polar surface area (TPSA) is 123 Å². The molecule has 4 rings (SSSR count). The Bertz CT molecular complexity index is 1180. The molecule has 0 radical (unpaired) electrons. The number of benzene rings is 1. The molecule has 1 aromatic carbocycles. The van der Waals surface area contributed by atoms with E-state index in [-0.39, 0.29) is 30.9 Å². The van der Waals surface area contributed by atoms with Gasteiger partial charge < -0.3 is 29.8 Å². The van der Waals surface area contributed by atoms with Gasteiger partial charge in [-0.3, -0.25) is 4.79 Å². The molecule has 0 bridgehead atoms. The lowest BCUT2D eigenvalue weighted by molar-refractivity contribution is -0.200. The molecule has 3 N–H and O–H groups in total. The minimum atomic E-state index is -0.563. The number of nitrogens with one attached hydrogen (secondary N) is 3. The molecule has 37 heavy (non-hydrogen) atoms. The highest BCUT2D eigenvalue weighted by atomic mass is 19.1. The number of carbonyl (C=O) groups is 1. The van der Waals surface area contributed by atoms with Crippen molar-refractivity contribution in [3.63, 3.8) is 0 Å². The minimum absolute atomic E-state index is 0.132. The van der Waals surface area contributed by atoms with Gasteiger partial charge in [0.15, 0.2) is 6.29 Å². The van der Waals surface area contributed by atoms with Crippen molar-refractivity contribution in [3.05, 3.63) is 60.8 Å². The van der Waals surface area contributed by atoms with Crippen LogP contribution in [0.1, 0.15) is 12.2 Å². The third-order valence-corrected chi connectivity index (χ3v) is 5.71. The summed E-state index contributed by atoms with van der Waals surface area (Å²) in [6.07, 6.45) is 3.88. The predicted octanol–water partition coefficient (Wildman–Crippen LogP) is 2.96. The molecule has 11 heteroatoms. The summed E-state index contributed by atoms with van der Waals surface area (Å²) in [6.45, 7) is 5.79. The van der Waals surface area contributed by atoms with E-state index in [9.17, 15) is 9.18 Å². The summed E-state index contributed by atoms with van der Waals surface area (Å²) in [5.74, 6) is 0.250. The fourth-order valence-electron chi connectivity index (χ4n) is 3.81. The van der Waals surface area contributed by atoms with Crippen LogP contribution in [0.25, 0.3) is 22.6 Å². The number of carbonyl (C=O) groups excluding carboxylic acids is 1. The van der Waals surface area contributed by atoms with Gasteiger partial charge in [-0.05, 0) is 36.8 Å². The van der Waals surface area contributed by atoms with Gasteiger partial charge in [-0.25, -0.2) is 19.3 Å². The van der Waals surface area contributed by atoms with Gasteiger partial charge in [0.1, 0.15) is 11.6 Å². The molecule has 1 saturated heterocycles. The van der Waals surface area contributed by atoms with Gasteiger partial charge in [-0.1, -0.05) is 6.08 Å². The van der Waals surface area contributed by atoms with Crippen LogP contribution in [-0.2, 0) is 25.4 Å². The molecule has 0 saturated carbocycles. The van der Waals surface area contributed by atoms with Gasteiger partial charge >= 0.3 is 0 Å². The Hall–Kier alpha value is -3.67. The van der Waals surface area contributed by atoms with Crippen molar-refractivity contribution in [1.29, 1.82) is 0 Å². The minimum Gasteiger partial charge on any atom is -0.385 e. The lowest BCUT2D eigenvalue weighted by Crippen LogP contribution is -2.42. The molecule has 3 heterocycles. The second-order valence-corrected chi connectivity index (χ2v) is 8.48. The zero-order valence-corrected chi connectivity index (χ0v) is 20.7. The third-order valence-electron chi connectivity index (χ3n) is 5.71. The average Bonchev–Trinajstić information content (AvgIpc) is 3.34. The summed E-state index contributed by atoms with van der Waals surface area (Å²) in [7, 11) is 1.66. The Balaban J connectivity index is 1.51. The van der Waals surface area contributed by atoms with E-state index in [2.05, 4.69) is 32.2 Å². The number of anilines is 1. The van der Waals surface area contributed by atoms with E-state index in [4.69, 9.17) is 19.2 Å². The molecule has 0 unspecified atom stereocenters. The van der Waals surface area contributed by atoms with Crippen LogP contribution in [0.5, 0.6) is 0 Å². The zero-order chi connectivity index (χ0) is 26.0. The number of hydrogen-bond donors (Lipinski definition) is 3. The Morgan fingerprint density at radius 3 is 2.76 bits per heavy atom. The van der Waals surface area contributed by atoms with E-state index in [1.807, 2.05) is 0 Å². The van der Waals surface area contributed by atoms with E-state index >= 15 is 0 Å². The predicted molar refractivity (Wildman–Crippen MR) is 136 cm³/mol. The first-order valence-electron chi connectivity index (χ1n) is 12.1. The van der Waals surface area contributed by atoms with Crippen molar-refractivity contribution in [2.75, 3.05) is 45.3 Å². The zero-order valence-electron chi connectivity index (χ0n) is 20.7. The molecule has 196 valence electrons. The Morgan fingerprint density at radius 1 is 1.24 bits per heavy atom. The summed E-state index contributed by atoms with van der Waals surface area (Å²) in [4.78, 5) is 29.2. The van der Waals surface area contributed by atoms with Crippen molar-refractivity contribution in [3.8, 4) is 22.6 Å². The quantitative estimate of drug-likeness (QED) is 0.251. The molecule has 1 amide bonds. The maximum atomic E-state index is 13.6. The van der Waals surface area contributed by atoms with Crippen molar-refractivity contribution in [1.82, 2.24) is 25.3 Å². The van der Waals surface area contributed by atoms with Gasteiger partial charge in [0.05, 0.1) is 42.6 Å². The van der Waals surface area contributed by atoms with E-state index in [0.29, 0.717) is 55.0 Å². The van der Waals surface area contributed by atoms with Gasteiger partial charge in [-0.15, -0.1) is 6.58 Å². The number of halogens is 1. The number of ether oxygens (including phenoxy) is 3. The van der Waals surface area contributed by atoms with E-state index in [0.717, 1.165) is 12.0 Å². The number of methoxy groups -OCH3 is 1. The fourth-order valence-corrected chi connectivity index (χ4v) is 3.81. The fraction of sp³-hybridized carbons (Fsp3) is 0.385. The van der Waals surface area contributed by atoms with Crippen LogP contribution in [0.15, 0.2) is 49.2 Å². The molecular weight excluding hydrogens is 479 g/mol. The van der Waals surface area contributed by atoms with Crippen molar-refractivity contribution in [2.45, 2.75) is 19.1 Å².